The second-order valence-corrected chi connectivity index (χ2v) is 5.32. The first-order valence-electron chi connectivity index (χ1n) is 7.34. The first-order valence-corrected chi connectivity index (χ1v) is 7.34. The minimum absolute atomic E-state index is 0.146. The lowest BCUT2D eigenvalue weighted by atomic mass is 10.1. The van der Waals surface area contributed by atoms with Gasteiger partial charge in [0.2, 0.25) is 0 Å². The highest BCUT2D eigenvalue weighted by Crippen LogP contribution is 2.30. The van der Waals surface area contributed by atoms with Crippen LogP contribution in [0.15, 0.2) is 24.3 Å². The molecule has 2 rings (SSSR count). The summed E-state index contributed by atoms with van der Waals surface area (Å²) in [6.45, 7) is 1.95. The molecule has 2 unspecified atom stereocenters. The fourth-order valence-corrected chi connectivity index (χ4v) is 2.64. The third kappa shape index (κ3) is 3.71. The highest BCUT2D eigenvalue weighted by Gasteiger charge is 2.24. The quantitative estimate of drug-likeness (QED) is 0.821. The fourth-order valence-electron chi connectivity index (χ4n) is 2.64. The number of para-hydroxylation sites is 1. The highest BCUT2D eigenvalue weighted by atomic mass is 16.5. The summed E-state index contributed by atoms with van der Waals surface area (Å²) in [6, 6.07) is 7.59. The van der Waals surface area contributed by atoms with Crippen molar-refractivity contribution in [1.29, 1.82) is 0 Å². The number of ether oxygens (including phenoxy) is 1. The molecule has 3 atom stereocenters. The molecule has 0 aliphatic heterocycles. The molecule has 0 amide bonds. The van der Waals surface area contributed by atoms with E-state index >= 15 is 0 Å². The normalized spacial score (nSPS) is 25.6. The maximum Gasteiger partial charge on any atom is 0.125 e. The number of hydrogen-bond acceptors (Lipinski definition) is 3. The van der Waals surface area contributed by atoms with Crippen molar-refractivity contribution in [3.8, 4) is 5.75 Å². The number of hydrogen-bond donors (Lipinski definition) is 2. The second-order valence-electron chi connectivity index (χ2n) is 5.32. The van der Waals surface area contributed by atoms with Gasteiger partial charge in [-0.05, 0) is 31.7 Å². The molecule has 1 aromatic rings. The summed E-state index contributed by atoms with van der Waals surface area (Å²) in [4.78, 5) is 0. The lowest BCUT2D eigenvalue weighted by molar-refractivity contribution is 0.0296. The predicted octanol–water partition coefficient (Wildman–Crippen LogP) is 3.20. The molecule has 0 heterocycles. The van der Waals surface area contributed by atoms with Crippen LogP contribution in [0.2, 0.25) is 0 Å². The largest absolute Gasteiger partial charge is 0.487 e. The number of aliphatic hydroxyl groups excluding tert-OH is 2. The predicted molar refractivity (Wildman–Crippen MR) is 75.2 cm³/mol. The topological polar surface area (TPSA) is 49.7 Å². The second kappa shape index (κ2) is 6.92. The van der Waals surface area contributed by atoms with E-state index in [1.807, 2.05) is 31.2 Å². The van der Waals surface area contributed by atoms with Gasteiger partial charge in [0.1, 0.15) is 11.9 Å². The van der Waals surface area contributed by atoms with Gasteiger partial charge in [-0.1, -0.05) is 38.0 Å². The van der Waals surface area contributed by atoms with E-state index in [1.54, 1.807) is 0 Å². The molecule has 3 nitrogen and oxygen atoms in total. The molecule has 19 heavy (non-hydrogen) atoms. The van der Waals surface area contributed by atoms with Crippen molar-refractivity contribution in [2.45, 2.75) is 63.8 Å². The van der Waals surface area contributed by atoms with E-state index < -0.39 is 12.2 Å². The van der Waals surface area contributed by atoms with E-state index in [-0.39, 0.29) is 6.10 Å². The molecule has 0 saturated heterocycles. The van der Waals surface area contributed by atoms with Crippen LogP contribution in [0.1, 0.15) is 57.1 Å². The van der Waals surface area contributed by atoms with Crippen molar-refractivity contribution < 1.29 is 14.9 Å². The van der Waals surface area contributed by atoms with Crippen LogP contribution in [0.4, 0.5) is 0 Å². The minimum atomic E-state index is -0.501. The fraction of sp³-hybridized carbons (Fsp3) is 0.625. The Balaban J connectivity index is 2.13. The van der Waals surface area contributed by atoms with Crippen LogP contribution in [0.5, 0.6) is 5.75 Å². The molecule has 1 aromatic carbocycles. The van der Waals surface area contributed by atoms with Gasteiger partial charge in [-0.3, -0.25) is 0 Å². The molecular weight excluding hydrogens is 240 g/mol. The Morgan fingerprint density at radius 2 is 1.95 bits per heavy atom. The molecule has 1 aliphatic rings. The van der Waals surface area contributed by atoms with Crippen LogP contribution >= 0.6 is 0 Å². The summed E-state index contributed by atoms with van der Waals surface area (Å²) < 4.78 is 5.99. The van der Waals surface area contributed by atoms with Gasteiger partial charge in [-0.15, -0.1) is 0 Å². The first-order chi connectivity index (χ1) is 9.22. The van der Waals surface area contributed by atoms with Crippen LogP contribution in [0.3, 0.4) is 0 Å². The summed E-state index contributed by atoms with van der Waals surface area (Å²) in [5.41, 5.74) is 0.821. The standard InChI is InChI=1S/C16H24O3/c1-2-13(17)12-8-6-7-10-15(12)19-16-11-5-3-4-9-14(16)18/h6-8,10,13-14,16-18H,2-5,9,11H2,1H3/t13-,14?,16?/m0/s1. The van der Waals surface area contributed by atoms with E-state index in [0.29, 0.717) is 12.2 Å². The summed E-state index contributed by atoms with van der Waals surface area (Å²) in [5.74, 6) is 0.711. The van der Waals surface area contributed by atoms with Crippen molar-refractivity contribution in [3.63, 3.8) is 0 Å². The van der Waals surface area contributed by atoms with Crippen LogP contribution in [0, 0.1) is 0 Å². The first kappa shape index (κ1) is 14.4. The SMILES string of the molecule is CC[C@H](O)c1ccccc1OC1CCCCCC1O. The Labute approximate surface area is 115 Å². The van der Waals surface area contributed by atoms with Crippen molar-refractivity contribution in [3.05, 3.63) is 29.8 Å². The third-order valence-corrected chi connectivity index (χ3v) is 3.86. The van der Waals surface area contributed by atoms with E-state index in [4.69, 9.17) is 4.74 Å². The average molecular weight is 264 g/mol. The molecule has 0 spiro atoms. The zero-order valence-corrected chi connectivity index (χ0v) is 11.6. The molecule has 0 radical (unpaired) electrons. The monoisotopic (exact) mass is 264 g/mol. The minimum Gasteiger partial charge on any atom is -0.487 e. The van der Waals surface area contributed by atoms with Crippen LogP contribution in [0.25, 0.3) is 0 Å². The van der Waals surface area contributed by atoms with Gasteiger partial charge in [0.15, 0.2) is 0 Å². The van der Waals surface area contributed by atoms with Crippen LogP contribution in [-0.4, -0.2) is 22.4 Å². The number of aliphatic hydroxyl groups is 2. The van der Waals surface area contributed by atoms with Gasteiger partial charge in [-0.2, -0.15) is 0 Å². The number of rotatable bonds is 4. The molecule has 1 saturated carbocycles. The molecule has 0 aromatic heterocycles. The van der Waals surface area contributed by atoms with Gasteiger partial charge in [-0.25, -0.2) is 0 Å². The maximum atomic E-state index is 10.1. The highest BCUT2D eigenvalue weighted by molar-refractivity contribution is 5.35. The van der Waals surface area contributed by atoms with E-state index in [9.17, 15) is 10.2 Å². The average Bonchev–Trinajstić information content (AvgIpc) is 2.64. The molecule has 1 fully saturated rings. The van der Waals surface area contributed by atoms with Crippen LogP contribution < -0.4 is 4.74 Å². The van der Waals surface area contributed by atoms with E-state index in [1.165, 1.54) is 0 Å². The molecular formula is C16H24O3. The Morgan fingerprint density at radius 1 is 1.21 bits per heavy atom. The third-order valence-electron chi connectivity index (χ3n) is 3.86. The Morgan fingerprint density at radius 3 is 2.74 bits per heavy atom. The van der Waals surface area contributed by atoms with Gasteiger partial charge in [0.05, 0.1) is 12.2 Å². The van der Waals surface area contributed by atoms with Gasteiger partial charge in [0, 0.05) is 5.56 Å². The van der Waals surface area contributed by atoms with Gasteiger partial charge < -0.3 is 14.9 Å². The smallest absolute Gasteiger partial charge is 0.125 e. The Hall–Kier alpha value is -1.06. The zero-order chi connectivity index (χ0) is 13.7. The van der Waals surface area contributed by atoms with E-state index in [0.717, 1.165) is 37.7 Å². The van der Waals surface area contributed by atoms with E-state index in [2.05, 4.69) is 0 Å². The summed E-state index contributed by atoms with van der Waals surface area (Å²) in [7, 11) is 0. The Bertz CT molecular complexity index is 391. The number of benzene rings is 1. The van der Waals surface area contributed by atoms with Crippen molar-refractivity contribution in [2.75, 3.05) is 0 Å². The molecule has 3 heteroatoms. The summed E-state index contributed by atoms with van der Waals surface area (Å²) >= 11 is 0. The summed E-state index contributed by atoms with van der Waals surface area (Å²) in [5, 5.41) is 20.1. The molecule has 2 N–H and O–H groups in total. The summed E-state index contributed by atoms with van der Waals surface area (Å²) in [6.07, 6.45) is 4.65. The van der Waals surface area contributed by atoms with Gasteiger partial charge >= 0.3 is 0 Å². The Kier molecular flexibility index (Phi) is 5.23. The van der Waals surface area contributed by atoms with Crippen molar-refractivity contribution in [1.82, 2.24) is 0 Å². The van der Waals surface area contributed by atoms with Crippen molar-refractivity contribution >= 4 is 0 Å². The zero-order valence-electron chi connectivity index (χ0n) is 11.6. The molecule has 0 bridgehead atoms. The van der Waals surface area contributed by atoms with Crippen molar-refractivity contribution in [2.24, 2.45) is 0 Å². The maximum absolute atomic E-state index is 10.1. The lowest BCUT2D eigenvalue weighted by Gasteiger charge is -2.24. The molecule has 1 aliphatic carbocycles. The molecule has 106 valence electrons. The van der Waals surface area contributed by atoms with Crippen LogP contribution in [-0.2, 0) is 0 Å². The van der Waals surface area contributed by atoms with Gasteiger partial charge in [0.25, 0.3) is 0 Å². The lowest BCUT2D eigenvalue weighted by Crippen LogP contribution is -2.30.